The maximum absolute atomic E-state index is 11.6. The Kier molecular flexibility index (Phi) is 3.42. The molecule has 116 valence electrons. The molecule has 1 fully saturated rings. The average Bonchev–Trinajstić information content (AvgIpc) is 2.98. The van der Waals surface area contributed by atoms with Crippen molar-refractivity contribution < 1.29 is 14.4 Å². The van der Waals surface area contributed by atoms with Crippen LogP contribution in [-0.4, -0.2) is 38.9 Å². The number of hydrogen-bond donors (Lipinski definition) is 0. The normalized spacial score (nSPS) is 19.7. The van der Waals surface area contributed by atoms with Gasteiger partial charge in [0, 0.05) is 5.56 Å². The Morgan fingerprint density at radius 1 is 1.23 bits per heavy atom. The van der Waals surface area contributed by atoms with E-state index in [1.165, 1.54) is 4.68 Å². The highest BCUT2D eigenvalue weighted by Gasteiger charge is 2.53. The average molecular weight is 304 g/mol. The fourth-order valence-electron chi connectivity index (χ4n) is 2.19. The molecule has 0 aliphatic carbocycles. The van der Waals surface area contributed by atoms with Gasteiger partial charge >= 0.3 is 5.66 Å². The van der Waals surface area contributed by atoms with Gasteiger partial charge in [-0.1, -0.05) is 35.5 Å². The Morgan fingerprint density at radius 2 is 1.86 bits per heavy atom. The third-order valence-electron chi connectivity index (χ3n) is 3.63. The summed E-state index contributed by atoms with van der Waals surface area (Å²) in [6.45, 7) is 3.16. The van der Waals surface area contributed by atoms with Crippen LogP contribution in [0.5, 0.6) is 0 Å². The summed E-state index contributed by atoms with van der Waals surface area (Å²) in [5, 5.41) is 19.5. The zero-order chi connectivity index (χ0) is 15.8. The summed E-state index contributed by atoms with van der Waals surface area (Å²) in [6.07, 6.45) is 1.54. The van der Waals surface area contributed by atoms with Gasteiger partial charge in [0.05, 0.1) is 11.1 Å². The quantitative estimate of drug-likeness (QED) is 0.632. The summed E-state index contributed by atoms with van der Waals surface area (Å²) in [4.78, 5) is 11.2. The van der Waals surface area contributed by atoms with E-state index in [2.05, 4.69) is 10.3 Å². The van der Waals surface area contributed by atoms with Gasteiger partial charge < -0.3 is 9.47 Å². The van der Waals surface area contributed by atoms with Crippen molar-refractivity contribution >= 4 is 0 Å². The number of aromatic nitrogens is 3. The van der Waals surface area contributed by atoms with Crippen molar-refractivity contribution in [1.82, 2.24) is 15.0 Å². The van der Waals surface area contributed by atoms with Crippen molar-refractivity contribution in [3.8, 4) is 11.3 Å². The molecule has 2 heterocycles. The maximum atomic E-state index is 11.6. The highest BCUT2D eigenvalue weighted by atomic mass is 16.7. The SMILES string of the molecule is CC1(C)OCC(n2cc(-c3ccccc3)nn2)([N+](=O)[O-])CO1. The number of benzene rings is 1. The molecule has 8 heteroatoms. The molecule has 0 radical (unpaired) electrons. The molecular weight excluding hydrogens is 288 g/mol. The molecule has 2 aromatic rings. The first-order chi connectivity index (χ1) is 10.4. The van der Waals surface area contributed by atoms with Gasteiger partial charge in [-0.05, 0) is 13.8 Å². The third kappa shape index (κ3) is 2.46. The number of rotatable bonds is 3. The Hall–Kier alpha value is -2.32. The molecule has 0 atom stereocenters. The van der Waals surface area contributed by atoms with Crippen LogP contribution in [0, 0.1) is 10.1 Å². The number of nitro groups is 1. The van der Waals surface area contributed by atoms with Gasteiger partial charge in [-0.3, -0.25) is 10.1 Å². The van der Waals surface area contributed by atoms with E-state index in [-0.39, 0.29) is 13.2 Å². The Morgan fingerprint density at radius 3 is 2.45 bits per heavy atom. The molecule has 0 spiro atoms. The van der Waals surface area contributed by atoms with Crippen LogP contribution < -0.4 is 0 Å². The van der Waals surface area contributed by atoms with E-state index in [0.29, 0.717) is 5.69 Å². The molecule has 0 saturated carbocycles. The minimum atomic E-state index is -1.60. The van der Waals surface area contributed by atoms with Gasteiger partial charge in [-0.25, -0.2) is 0 Å². The van der Waals surface area contributed by atoms with E-state index in [1.807, 2.05) is 30.3 Å². The van der Waals surface area contributed by atoms with Crippen LogP contribution in [0.15, 0.2) is 36.5 Å². The van der Waals surface area contributed by atoms with Gasteiger partial charge in [0.2, 0.25) is 0 Å². The van der Waals surface area contributed by atoms with Crippen molar-refractivity contribution in [2.24, 2.45) is 0 Å². The van der Waals surface area contributed by atoms with Crippen molar-refractivity contribution in [3.63, 3.8) is 0 Å². The van der Waals surface area contributed by atoms with Crippen molar-refractivity contribution in [2.45, 2.75) is 25.3 Å². The van der Waals surface area contributed by atoms with E-state index in [0.717, 1.165) is 5.56 Å². The number of hydrogen-bond acceptors (Lipinski definition) is 6. The monoisotopic (exact) mass is 304 g/mol. The van der Waals surface area contributed by atoms with E-state index in [1.54, 1.807) is 20.0 Å². The van der Waals surface area contributed by atoms with E-state index < -0.39 is 16.4 Å². The zero-order valence-corrected chi connectivity index (χ0v) is 12.3. The fraction of sp³-hybridized carbons (Fsp3) is 0.429. The molecular formula is C14H16N4O4. The molecule has 1 aliphatic rings. The van der Waals surface area contributed by atoms with Gasteiger partial charge in [-0.15, -0.1) is 5.10 Å². The molecule has 0 unspecified atom stereocenters. The second-order valence-electron chi connectivity index (χ2n) is 5.63. The summed E-state index contributed by atoms with van der Waals surface area (Å²) in [5.74, 6) is -0.845. The van der Waals surface area contributed by atoms with E-state index in [9.17, 15) is 10.1 Å². The Balaban J connectivity index is 1.94. The molecule has 1 aromatic carbocycles. The summed E-state index contributed by atoms with van der Waals surface area (Å²) < 4.78 is 12.1. The Labute approximate surface area is 126 Å². The van der Waals surface area contributed by atoms with Crippen LogP contribution in [0.2, 0.25) is 0 Å². The number of ether oxygens (including phenoxy) is 2. The van der Waals surface area contributed by atoms with E-state index in [4.69, 9.17) is 9.47 Å². The zero-order valence-electron chi connectivity index (χ0n) is 12.3. The first kappa shape index (κ1) is 14.6. The largest absolute Gasteiger partial charge is 0.361 e. The molecule has 22 heavy (non-hydrogen) atoms. The molecule has 8 nitrogen and oxygen atoms in total. The topological polar surface area (TPSA) is 92.3 Å². The first-order valence-electron chi connectivity index (χ1n) is 6.84. The predicted molar refractivity (Wildman–Crippen MR) is 76.4 cm³/mol. The molecule has 1 saturated heterocycles. The van der Waals surface area contributed by atoms with Gasteiger partial charge in [-0.2, -0.15) is 4.68 Å². The van der Waals surface area contributed by atoms with Crippen molar-refractivity contribution in [2.75, 3.05) is 13.2 Å². The second kappa shape index (κ2) is 5.15. The minimum Gasteiger partial charge on any atom is -0.341 e. The van der Waals surface area contributed by atoms with Gasteiger partial charge in [0.15, 0.2) is 5.79 Å². The summed E-state index contributed by atoms with van der Waals surface area (Å²) >= 11 is 0. The molecule has 3 rings (SSSR count). The summed E-state index contributed by atoms with van der Waals surface area (Å²) in [6, 6.07) is 9.35. The second-order valence-corrected chi connectivity index (χ2v) is 5.63. The predicted octanol–water partition coefficient (Wildman–Crippen LogP) is 1.66. The highest BCUT2D eigenvalue weighted by molar-refractivity contribution is 5.57. The summed E-state index contributed by atoms with van der Waals surface area (Å²) in [5.41, 5.74) is -0.202. The number of nitrogens with zero attached hydrogens (tertiary/aromatic N) is 4. The van der Waals surface area contributed by atoms with Crippen LogP contribution in [-0.2, 0) is 15.1 Å². The van der Waals surface area contributed by atoms with Crippen molar-refractivity contribution in [3.05, 3.63) is 46.6 Å². The lowest BCUT2D eigenvalue weighted by Gasteiger charge is -2.37. The van der Waals surface area contributed by atoms with Gasteiger partial charge in [0.25, 0.3) is 0 Å². The Bertz CT molecular complexity index is 673. The third-order valence-corrected chi connectivity index (χ3v) is 3.63. The van der Waals surface area contributed by atoms with Crippen LogP contribution in [0.1, 0.15) is 13.8 Å². The van der Waals surface area contributed by atoms with Gasteiger partial charge in [0.1, 0.15) is 18.9 Å². The summed E-state index contributed by atoms with van der Waals surface area (Å²) in [7, 11) is 0. The maximum Gasteiger partial charge on any atom is 0.361 e. The lowest BCUT2D eigenvalue weighted by molar-refractivity contribution is -0.629. The fourth-order valence-corrected chi connectivity index (χ4v) is 2.19. The molecule has 1 aliphatic heterocycles. The molecule has 1 aromatic heterocycles. The lowest BCUT2D eigenvalue weighted by atomic mass is 10.1. The van der Waals surface area contributed by atoms with E-state index >= 15 is 0 Å². The highest BCUT2D eigenvalue weighted by Crippen LogP contribution is 2.30. The molecule has 0 amide bonds. The van der Waals surface area contributed by atoms with Crippen molar-refractivity contribution in [1.29, 1.82) is 0 Å². The smallest absolute Gasteiger partial charge is 0.341 e. The molecule has 0 bridgehead atoms. The first-order valence-corrected chi connectivity index (χ1v) is 6.84. The lowest BCUT2D eigenvalue weighted by Crippen LogP contribution is -2.57. The van der Waals surface area contributed by atoms with Crippen LogP contribution >= 0.6 is 0 Å². The standard InChI is InChI=1S/C14H16N4O4/c1-13(2)21-9-14(10-22-13,18(19)20)17-8-12(15-16-17)11-6-4-3-5-7-11/h3-8H,9-10H2,1-2H3. The van der Waals surface area contributed by atoms with Crippen LogP contribution in [0.3, 0.4) is 0 Å². The van der Waals surface area contributed by atoms with Crippen LogP contribution in [0.25, 0.3) is 11.3 Å². The van der Waals surface area contributed by atoms with Crippen LogP contribution in [0.4, 0.5) is 0 Å². The molecule has 0 N–H and O–H groups in total. The minimum absolute atomic E-state index is 0.134.